The Balaban J connectivity index is 1.80. The van der Waals surface area contributed by atoms with Crippen LogP contribution in [0.5, 0.6) is 0 Å². The lowest BCUT2D eigenvalue weighted by Crippen LogP contribution is -2.32. The third-order valence-electron chi connectivity index (χ3n) is 5.32. The number of hydrogen-bond donors (Lipinski definition) is 1. The van der Waals surface area contributed by atoms with Crippen LogP contribution in [0.1, 0.15) is 69.0 Å². The summed E-state index contributed by atoms with van der Waals surface area (Å²) in [4.78, 5) is 0. The summed E-state index contributed by atoms with van der Waals surface area (Å²) in [5.74, 6) is 1.42. The van der Waals surface area contributed by atoms with Crippen molar-refractivity contribution in [3.05, 3.63) is 35.4 Å². The summed E-state index contributed by atoms with van der Waals surface area (Å²) in [6.45, 7) is 6.47. The number of ether oxygens (including phenoxy) is 1. The lowest BCUT2D eigenvalue weighted by atomic mass is 9.78. The maximum atomic E-state index is 5.82. The van der Waals surface area contributed by atoms with Gasteiger partial charge in [0.25, 0.3) is 0 Å². The smallest absolute Gasteiger partial charge is 0.0594 e. The Morgan fingerprint density at radius 2 is 2.14 bits per heavy atom. The molecule has 2 nitrogen and oxygen atoms in total. The van der Waals surface area contributed by atoms with Gasteiger partial charge in [0, 0.05) is 18.6 Å². The van der Waals surface area contributed by atoms with Crippen molar-refractivity contribution < 1.29 is 4.74 Å². The molecule has 1 aromatic rings. The highest BCUT2D eigenvalue weighted by atomic mass is 16.5. The minimum absolute atomic E-state index is 0.367. The van der Waals surface area contributed by atoms with E-state index in [9.17, 15) is 0 Å². The molecule has 1 aromatic carbocycles. The van der Waals surface area contributed by atoms with E-state index in [0.29, 0.717) is 18.1 Å². The predicted octanol–water partition coefficient (Wildman–Crippen LogP) is 4.42. The topological polar surface area (TPSA) is 21.3 Å². The third-order valence-corrected chi connectivity index (χ3v) is 5.32. The highest BCUT2D eigenvalue weighted by Crippen LogP contribution is 2.39. The fourth-order valence-corrected chi connectivity index (χ4v) is 3.75. The average molecular weight is 287 g/mol. The maximum absolute atomic E-state index is 5.82. The summed E-state index contributed by atoms with van der Waals surface area (Å²) >= 11 is 0. The summed E-state index contributed by atoms with van der Waals surface area (Å²) < 4.78 is 5.82. The fraction of sp³-hybridized carbons (Fsp3) is 0.684. The van der Waals surface area contributed by atoms with Crippen molar-refractivity contribution in [1.82, 2.24) is 5.32 Å². The molecule has 2 fully saturated rings. The van der Waals surface area contributed by atoms with Crippen LogP contribution in [0.25, 0.3) is 0 Å². The van der Waals surface area contributed by atoms with Gasteiger partial charge in [-0.1, -0.05) is 37.6 Å². The summed E-state index contributed by atoms with van der Waals surface area (Å²) in [6, 6.07) is 9.79. The molecule has 1 N–H and O–H groups in total. The predicted molar refractivity (Wildman–Crippen MR) is 87.6 cm³/mol. The van der Waals surface area contributed by atoms with E-state index in [1.807, 2.05) is 0 Å². The molecule has 0 aromatic heterocycles. The van der Waals surface area contributed by atoms with E-state index in [2.05, 4.69) is 43.4 Å². The Morgan fingerprint density at radius 1 is 1.29 bits per heavy atom. The molecule has 1 heterocycles. The molecular formula is C19H29NO. The van der Waals surface area contributed by atoms with Gasteiger partial charge in [-0.3, -0.25) is 0 Å². The van der Waals surface area contributed by atoms with Gasteiger partial charge in [0.1, 0.15) is 0 Å². The Hall–Kier alpha value is -0.860. The van der Waals surface area contributed by atoms with Crippen LogP contribution in [-0.4, -0.2) is 19.3 Å². The van der Waals surface area contributed by atoms with E-state index in [1.165, 1.54) is 37.7 Å². The van der Waals surface area contributed by atoms with Gasteiger partial charge in [-0.25, -0.2) is 0 Å². The van der Waals surface area contributed by atoms with Crippen LogP contribution >= 0.6 is 0 Å². The average Bonchev–Trinajstić information content (AvgIpc) is 2.84. The van der Waals surface area contributed by atoms with Crippen molar-refractivity contribution in [2.75, 3.05) is 13.2 Å². The molecule has 1 saturated heterocycles. The molecule has 3 rings (SSSR count). The molecule has 1 saturated carbocycles. The highest BCUT2D eigenvalue weighted by Gasteiger charge is 2.33. The van der Waals surface area contributed by atoms with Crippen molar-refractivity contribution >= 4 is 0 Å². The molecule has 0 amide bonds. The molecule has 21 heavy (non-hydrogen) atoms. The summed E-state index contributed by atoms with van der Waals surface area (Å²) in [5.41, 5.74) is 3.02. The van der Waals surface area contributed by atoms with E-state index in [0.717, 1.165) is 19.1 Å². The van der Waals surface area contributed by atoms with Gasteiger partial charge in [0.15, 0.2) is 0 Å². The standard InChI is InChI=1S/C19H29NO/c1-3-11-20-19(18-10-12-21-14(18)2)17-9-5-8-16(13-17)15-6-4-7-15/h5,8-9,13-15,18-20H,3-4,6-7,10-12H2,1-2H3. The molecule has 2 heteroatoms. The lowest BCUT2D eigenvalue weighted by molar-refractivity contribution is 0.0953. The van der Waals surface area contributed by atoms with E-state index in [1.54, 1.807) is 5.56 Å². The van der Waals surface area contributed by atoms with Crippen LogP contribution < -0.4 is 5.32 Å². The SMILES string of the molecule is CCCNC(c1cccc(C2CCC2)c1)C1CCOC1C. The third kappa shape index (κ3) is 3.32. The molecule has 3 unspecified atom stereocenters. The minimum Gasteiger partial charge on any atom is -0.378 e. The first kappa shape index (κ1) is 15.1. The van der Waals surface area contributed by atoms with Crippen LogP contribution in [0.4, 0.5) is 0 Å². The van der Waals surface area contributed by atoms with Crippen LogP contribution in [0.15, 0.2) is 24.3 Å². The van der Waals surface area contributed by atoms with E-state index in [4.69, 9.17) is 4.74 Å². The molecule has 116 valence electrons. The zero-order valence-corrected chi connectivity index (χ0v) is 13.5. The van der Waals surface area contributed by atoms with E-state index >= 15 is 0 Å². The second-order valence-electron chi connectivity index (χ2n) is 6.76. The van der Waals surface area contributed by atoms with Crippen molar-refractivity contribution in [2.45, 2.75) is 64.0 Å². The quantitative estimate of drug-likeness (QED) is 0.836. The van der Waals surface area contributed by atoms with Crippen LogP contribution in [0.2, 0.25) is 0 Å². The summed E-state index contributed by atoms with van der Waals surface area (Å²) in [6.07, 6.45) is 6.88. The molecule has 0 radical (unpaired) electrons. The van der Waals surface area contributed by atoms with Gasteiger partial charge in [-0.15, -0.1) is 0 Å². The first-order chi connectivity index (χ1) is 10.3. The van der Waals surface area contributed by atoms with Crippen LogP contribution in [0.3, 0.4) is 0 Å². The number of nitrogens with one attached hydrogen (secondary N) is 1. The normalized spacial score (nSPS) is 27.5. The monoisotopic (exact) mass is 287 g/mol. The number of rotatable bonds is 6. The van der Waals surface area contributed by atoms with Gasteiger partial charge in [-0.05, 0) is 56.2 Å². The molecule has 1 aliphatic carbocycles. The zero-order chi connectivity index (χ0) is 14.7. The molecule has 1 aliphatic heterocycles. The van der Waals surface area contributed by atoms with Gasteiger partial charge in [0.2, 0.25) is 0 Å². The molecular weight excluding hydrogens is 258 g/mol. The van der Waals surface area contributed by atoms with Crippen molar-refractivity contribution in [2.24, 2.45) is 5.92 Å². The van der Waals surface area contributed by atoms with Crippen molar-refractivity contribution in [3.8, 4) is 0 Å². The Labute approximate surface area is 129 Å². The maximum Gasteiger partial charge on any atom is 0.0594 e. The van der Waals surface area contributed by atoms with Crippen molar-refractivity contribution in [1.29, 1.82) is 0 Å². The second kappa shape index (κ2) is 6.93. The summed E-state index contributed by atoms with van der Waals surface area (Å²) in [7, 11) is 0. The fourth-order valence-electron chi connectivity index (χ4n) is 3.75. The Kier molecular flexibility index (Phi) is 4.97. The van der Waals surface area contributed by atoms with Crippen LogP contribution in [-0.2, 0) is 4.74 Å². The lowest BCUT2D eigenvalue weighted by Gasteiger charge is -2.30. The van der Waals surface area contributed by atoms with Gasteiger partial charge in [0.05, 0.1) is 6.10 Å². The molecule has 0 bridgehead atoms. The van der Waals surface area contributed by atoms with Crippen molar-refractivity contribution in [3.63, 3.8) is 0 Å². The van der Waals surface area contributed by atoms with E-state index < -0.39 is 0 Å². The Bertz CT molecular complexity index is 455. The highest BCUT2D eigenvalue weighted by molar-refractivity contribution is 5.30. The van der Waals surface area contributed by atoms with Gasteiger partial charge < -0.3 is 10.1 Å². The van der Waals surface area contributed by atoms with Gasteiger partial charge in [-0.2, -0.15) is 0 Å². The molecule has 2 aliphatic rings. The van der Waals surface area contributed by atoms with Gasteiger partial charge >= 0.3 is 0 Å². The second-order valence-corrected chi connectivity index (χ2v) is 6.76. The number of hydrogen-bond acceptors (Lipinski definition) is 2. The molecule has 0 spiro atoms. The van der Waals surface area contributed by atoms with Crippen LogP contribution in [0, 0.1) is 5.92 Å². The first-order valence-corrected chi connectivity index (χ1v) is 8.74. The summed E-state index contributed by atoms with van der Waals surface area (Å²) in [5, 5.41) is 3.78. The number of benzene rings is 1. The van der Waals surface area contributed by atoms with E-state index in [-0.39, 0.29) is 0 Å². The Morgan fingerprint density at radius 3 is 2.76 bits per heavy atom. The zero-order valence-electron chi connectivity index (χ0n) is 13.5. The minimum atomic E-state index is 0.367. The molecule has 3 atom stereocenters. The largest absolute Gasteiger partial charge is 0.378 e. The first-order valence-electron chi connectivity index (χ1n) is 8.74.